The standard InChI is InChI=1S/CH3O.ClH.O.2Sn/c1-2;;;;/h1H3;1H;;;/q-1;;;2*+1/p-1. The molecule has 0 saturated carbocycles. The van der Waals surface area contributed by atoms with Crippen molar-refractivity contribution in [3.63, 3.8) is 0 Å². The van der Waals surface area contributed by atoms with Crippen LogP contribution in [0.25, 0.3) is 0 Å². The number of hydrogen-bond acceptors (Lipinski definition) is 2. The van der Waals surface area contributed by atoms with Gasteiger partial charge in [0.25, 0.3) is 0 Å². The Labute approximate surface area is 62.3 Å². The zero-order valence-electron chi connectivity index (χ0n) is 3.19. The first-order chi connectivity index (χ1) is 2.91. The van der Waals surface area contributed by atoms with E-state index in [1.54, 1.807) is 7.11 Å². The minimum absolute atomic E-state index is 0.857. The van der Waals surface area contributed by atoms with Crippen LogP contribution in [-0.2, 0) is 4.49 Å². The monoisotopic (exact) mass is 322 g/mol. The number of hydrogen-bond donors (Lipinski definition) is 0. The van der Waals surface area contributed by atoms with Crippen molar-refractivity contribution < 1.29 is 4.49 Å². The zero-order valence-corrected chi connectivity index (χ0v) is 9.66. The molecule has 0 bridgehead atoms. The van der Waals surface area contributed by atoms with Gasteiger partial charge in [-0.15, -0.1) is 0 Å². The van der Waals surface area contributed by atoms with E-state index in [0.717, 1.165) is 0 Å². The molecule has 0 aromatic heterocycles. The molecule has 0 heterocycles. The predicted molar refractivity (Wildman–Crippen MR) is 25.5 cm³/mol. The van der Waals surface area contributed by atoms with Crippen molar-refractivity contribution in [3.8, 4) is 0 Å². The Morgan fingerprint density at radius 1 is 1.67 bits per heavy atom. The second-order valence-corrected chi connectivity index (χ2v) is 8.07. The Kier molecular flexibility index (Phi) is 8.86. The second kappa shape index (κ2) is 6.81. The third-order valence-corrected chi connectivity index (χ3v) is 7.64. The Morgan fingerprint density at radius 3 is 2.50 bits per heavy atom. The third kappa shape index (κ3) is 5.81. The summed E-state index contributed by atoms with van der Waals surface area (Å²) in [7, 11) is 6.94. The van der Waals surface area contributed by atoms with Crippen molar-refractivity contribution in [3.05, 3.63) is 0 Å². The van der Waals surface area contributed by atoms with Crippen LogP contribution in [-0.4, -0.2) is 49.5 Å². The molecular formula is CH3ClO2Sn2. The molecule has 0 unspecified atom stereocenters. The normalized spacial score (nSPS) is 9.00. The molecule has 0 amide bonds. The molecule has 0 spiro atoms. The number of rotatable bonds is 3. The van der Waals surface area contributed by atoms with Gasteiger partial charge in [-0.2, -0.15) is 0 Å². The quantitative estimate of drug-likeness (QED) is 0.537. The van der Waals surface area contributed by atoms with Crippen molar-refractivity contribution >= 4 is 51.3 Å². The average molecular weight is 320 g/mol. The summed E-state index contributed by atoms with van der Waals surface area (Å²) >= 11 is -1.74. The molecule has 5 heteroatoms. The van der Waals surface area contributed by atoms with Gasteiger partial charge in [-0.3, -0.25) is 0 Å². The maximum atomic E-state index is 5.29. The summed E-state index contributed by atoms with van der Waals surface area (Å²) in [4.78, 5) is 0. The van der Waals surface area contributed by atoms with E-state index in [1.165, 1.54) is 0 Å². The number of halogens is 1. The Balaban J connectivity index is 2.34. The Morgan fingerprint density at radius 2 is 2.33 bits per heavy atom. The van der Waals surface area contributed by atoms with Gasteiger partial charge in [0.15, 0.2) is 0 Å². The zero-order chi connectivity index (χ0) is 4.83. The summed E-state index contributed by atoms with van der Waals surface area (Å²) in [6.07, 6.45) is 0. The average Bonchev–Trinajstić information content (AvgIpc) is 1.61. The first-order valence-electron chi connectivity index (χ1n) is 1.21. The fraction of sp³-hybridized carbons (Fsp3) is 1.00. The summed E-state index contributed by atoms with van der Waals surface area (Å²) in [6, 6.07) is 0. The summed E-state index contributed by atoms with van der Waals surface area (Å²) in [5.74, 6) is 0. The molecule has 4 radical (unpaired) electrons. The SMILES string of the molecule is C[O][Sn][O][Sn][Cl]. The van der Waals surface area contributed by atoms with Crippen LogP contribution in [0.15, 0.2) is 0 Å². The van der Waals surface area contributed by atoms with Crippen LogP contribution in [0.3, 0.4) is 0 Å². The van der Waals surface area contributed by atoms with Gasteiger partial charge in [0.1, 0.15) is 0 Å². The van der Waals surface area contributed by atoms with E-state index in [0.29, 0.717) is 0 Å². The van der Waals surface area contributed by atoms with Crippen LogP contribution >= 0.6 is 8.92 Å². The van der Waals surface area contributed by atoms with Crippen LogP contribution in [0.5, 0.6) is 0 Å². The Hall–Kier alpha value is 1.81. The molecule has 0 fully saturated rings. The molecule has 0 saturated heterocycles. The van der Waals surface area contributed by atoms with Gasteiger partial charge >= 0.3 is 62.9 Å². The van der Waals surface area contributed by atoms with Crippen LogP contribution in [0.2, 0.25) is 0 Å². The van der Waals surface area contributed by atoms with E-state index >= 15 is 0 Å². The molecule has 0 aromatic rings. The summed E-state index contributed by atoms with van der Waals surface area (Å²) < 4.78 is 9.55. The van der Waals surface area contributed by atoms with Crippen LogP contribution < -0.4 is 0 Å². The predicted octanol–water partition coefficient (Wildman–Crippen LogP) is -0.0434. The van der Waals surface area contributed by atoms with Gasteiger partial charge in [0, 0.05) is 0 Å². The molecule has 0 aliphatic rings. The van der Waals surface area contributed by atoms with Gasteiger partial charge in [0.2, 0.25) is 0 Å². The van der Waals surface area contributed by atoms with Gasteiger partial charge < -0.3 is 0 Å². The molecule has 2 nitrogen and oxygen atoms in total. The Bertz CT molecular complexity index is 23.5. The van der Waals surface area contributed by atoms with Gasteiger partial charge in [-0.1, -0.05) is 0 Å². The van der Waals surface area contributed by atoms with Gasteiger partial charge in [0.05, 0.1) is 0 Å². The van der Waals surface area contributed by atoms with Crippen molar-refractivity contribution in [2.24, 2.45) is 0 Å². The molecule has 34 valence electrons. The summed E-state index contributed by atoms with van der Waals surface area (Å²) in [5.41, 5.74) is 0. The van der Waals surface area contributed by atoms with E-state index in [4.69, 9.17) is 10.3 Å². The van der Waals surface area contributed by atoms with Crippen molar-refractivity contribution in [1.82, 2.24) is 0 Å². The van der Waals surface area contributed by atoms with E-state index < -0.39 is 42.4 Å². The van der Waals surface area contributed by atoms with E-state index in [1.807, 2.05) is 0 Å². The maximum absolute atomic E-state index is 5.29. The van der Waals surface area contributed by atoms with Crippen molar-refractivity contribution in [2.45, 2.75) is 0 Å². The van der Waals surface area contributed by atoms with E-state index in [2.05, 4.69) is 3.07 Å². The first-order valence-corrected chi connectivity index (χ1v) is 8.32. The van der Waals surface area contributed by atoms with Crippen LogP contribution in [0.1, 0.15) is 0 Å². The van der Waals surface area contributed by atoms with E-state index in [-0.39, 0.29) is 0 Å². The van der Waals surface area contributed by atoms with E-state index in [9.17, 15) is 0 Å². The van der Waals surface area contributed by atoms with Gasteiger partial charge in [-0.25, -0.2) is 0 Å². The summed E-state index contributed by atoms with van der Waals surface area (Å²) in [6.45, 7) is 0. The van der Waals surface area contributed by atoms with Crippen LogP contribution in [0, 0.1) is 0 Å². The third-order valence-electron chi connectivity index (χ3n) is 0.164. The van der Waals surface area contributed by atoms with Gasteiger partial charge in [-0.05, 0) is 0 Å². The molecule has 0 aromatic carbocycles. The molecule has 0 N–H and O–H groups in total. The molecule has 0 aliphatic carbocycles. The fourth-order valence-electron chi connectivity index (χ4n) is 0.0574. The first kappa shape index (κ1) is 7.81. The minimum atomic E-state index is -0.887. The fourth-order valence-corrected chi connectivity index (χ4v) is 4.00. The molecule has 0 rings (SSSR count). The molecular weight excluding hydrogens is 317 g/mol. The van der Waals surface area contributed by atoms with Crippen LogP contribution in [0.4, 0.5) is 0 Å². The molecule has 6 heavy (non-hydrogen) atoms. The summed E-state index contributed by atoms with van der Waals surface area (Å²) in [5, 5.41) is 0. The van der Waals surface area contributed by atoms with Crippen molar-refractivity contribution in [1.29, 1.82) is 0 Å². The molecule has 0 atom stereocenters. The van der Waals surface area contributed by atoms with Crippen molar-refractivity contribution in [2.75, 3.05) is 7.11 Å². The topological polar surface area (TPSA) is 18.5 Å². The second-order valence-electron chi connectivity index (χ2n) is 0.467. The molecule has 0 aliphatic heterocycles.